The van der Waals surface area contributed by atoms with E-state index in [1.54, 1.807) is 7.11 Å². The fraction of sp³-hybridized carbons (Fsp3) is 0.625. The molecule has 0 aromatic heterocycles. The Bertz CT molecular complexity index is 386. The molecule has 1 rings (SSSR count). The molecule has 0 amide bonds. The van der Waals surface area contributed by atoms with E-state index in [1.165, 1.54) is 5.56 Å². The van der Waals surface area contributed by atoms with Gasteiger partial charge >= 0.3 is 0 Å². The number of hydrogen-bond acceptors (Lipinski definition) is 3. The average Bonchev–Trinajstić information content (AvgIpc) is 2.29. The zero-order valence-electron chi connectivity index (χ0n) is 12.9. The third-order valence-electron chi connectivity index (χ3n) is 2.62. The number of benzene rings is 1. The third-order valence-corrected chi connectivity index (χ3v) is 2.62. The molecule has 3 heteroatoms. The van der Waals surface area contributed by atoms with Gasteiger partial charge in [0, 0.05) is 0 Å². The highest BCUT2D eigenvalue weighted by Gasteiger charge is 2.11. The van der Waals surface area contributed by atoms with E-state index < -0.39 is 0 Å². The van der Waals surface area contributed by atoms with E-state index in [0.29, 0.717) is 0 Å². The van der Waals surface area contributed by atoms with Crippen LogP contribution in [-0.2, 0) is 11.2 Å². The zero-order chi connectivity index (χ0) is 14.4. The van der Waals surface area contributed by atoms with Gasteiger partial charge in [0.05, 0.1) is 25.4 Å². The first-order chi connectivity index (χ1) is 8.92. The minimum Gasteiger partial charge on any atom is -0.493 e. The Balaban J connectivity index is 2.76. The summed E-state index contributed by atoms with van der Waals surface area (Å²) < 4.78 is 16.8. The molecule has 1 aromatic rings. The number of ether oxygens (including phenoxy) is 3. The summed E-state index contributed by atoms with van der Waals surface area (Å²) in [6.07, 6.45) is 1.46. The van der Waals surface area contributed by atoms with Crippen molar-refractivity contribution in [1.29, 1.82) is 0 Å². The van der Waals surface area contributed by atoms with Crippen LogP contribution in [0.15, 0.2) is 18.2 Å². The summed E-state index contributed by atoms with van der Waals surface area (Å²) in [5, 5.41) is 0. The van der Waals surface area contributed by atoms with Crippen LogP contribution in [0.5, 0.6) is 11.5 Å². The fourth-order valence-corrected chi connectivity index (χ4v) is 2.03. The van der Waals surface area contributed by atoms with Crippen molar-refractivity contribution in [1.82, 2.24) is 0 Å². The van der Waals surface area contributed by atoms with Crippen molar-refractivity contribution >= 4 is 0 Å². The number of hydrogen-bond donors (Lipinski definition) is 0. The van der Waals surface area contributed by atoms with Crippen LogP contribution in [0.3, 0.4) is 0 Å². The lowest BCUT2D eigenvalue weighted by Crippen LogP contribution is -2.16. The van der Waals surface area contributed by atoms with E-state index in [4.69, 9.17) is 14.2 Å². The Kier molecular flexibility index (Phi) is 6.16. The molecular weight excluding hydrogens is 240 g/mol. The molecule has 108 valence electrons. The van der Waals surface area contributed by atoms with E-state index in [9.17, 15) is 0 Å². The molecule has 0 aliphatic carbocycles. The van der Waals surface area contributed by atoms with Crippen LogP contribution in [0, 0.1) is 0 Å². The van der Waals surface area contributed by atoms with E-state index in [0.717, 1.165) is 17.9 Å². The first-order valence-electron chi connectivity index (χ1n) is 6.91. The van der Waals surface area contributed by atoms with Gasteiger partial charge < -0.3 is 14.2 Å². The number of methoxy groups -OCH3 is 1. The summed E-state index contributed by atoms with van der Waals surface area (Å²) in [4.78, 5) is 0. The maximum atomic E-state index is 5.75. The molecule has 0 saturated heterocycles. The van der Waals surface area contributed by atoms with Crippen molar-refractivity contribution in [2.75, 3.05) is 7.11 Å². The van der Waals surface area contributed by atoms with Crippen LogP contribution in [-0.4, -0.2) is 25.4 Å². The largest absolute Gasteiger partial charge is 0.493 e. The lowest BCUT2D eigenvalue weighted by Gasteiger charge is -2.18. The van der Waals surface area contributed by atoms with Gasteiger partial charge in [-0.3, -0.25) is 0 Å². The minimum absolute atomic E-state index is 0.142. The highest BCUT2D eigenvalue weighted by Crippen LogP contribution is 2.29. The SMILES string of the molecule is COc1cc(CC(C)OC(C)C)ccc1OC(C)C. The predicted molar refractivity (Wildman–Crippen MR) is 78.1 cm³/mol. The summed E-state index contributed by atoms with van der Waals surface area (Å²) in [5.41, 5.74) is 1.20. The second-order valence-electron chi connectivity index (χ2n) is 5.35. The van der Waals surface area contributed by atoms with Crippen LogP contribution >= 0.6 is 0 Å². The van der Waals surface area contributed by atoms with Crippen molar-refractivity contribution in [2.45, 2.75) is 59.4 Å². The van der Waals surface area contributed by atoms with Crippen molar-refractivity contribution in [2.24, 2.45) is 0 Å². The molecule has 0 saturated carbocycles. The molecule has 1 atom stereocenters. The maximum Gasteiger partial charge on any atom is 0.161 e. The van der Waals surface area contributed by atoms with Gasteiger partial charge in [0.25, 0.3) is 0 Å². The molecule has 0 fully saturated rings. The van der Waals surface area contributed by atoms with E-state index in [-0.39, 0.29) is 18.3 Å². The Morgan fingerprint density at radius 2 is 1.63 bits per heavy atom. The van der Waals surface area contributed by atoms with Gasteiger partial charge in [0.2, 0.25) is 0 Å². The molecule has 0 heterocycles. The molecule has 0 radical (unpaired) electrons. The molecule has 0 spiro atoms. The summed E-state index contributed by atoms with van der Waals surface area (Å²) in [5.74, 6) is 1.57. The average molecular weight is 266 g/mol. The van der Waals surface area contributed by atoms with Gasteiger partial charge in [-0.25, -0.2) is 0 Å². The van der Waals surface area contributed by atoms with E-state index in [2.05, 4.69) is 26.8 Å². The van der Waals surface area contributed by atoms with Crippen LogP contribution in [0.25, 0.3) is 0 Å². The van der Waals surface area contributed by atoms with Crippen molar-refractivity contribution < 1.29 is 14.2 Å². The molecule has 0 N–H and O–H groups in total. The molecule has 0 aliphatic heterocycles. The minimum atomic E-state index is 0.142. The van der Waals surface area contributed by atoms with Crippen molar-refractivity contribution in [3.8, 4) is 11.5 Å². The Labute approximate surface area is 116 Å². The van der Waals surface area contributed by atoms with Crippen molar-refractivity contribution in [3.05, 3.63) is 23.8 Å². The Morgan fingerprint density at radius 3 is 2.16 bits per heavy atom. The first kappa shape index (κ1) is 15.8. The second kappa shape index (κ2) is 7.39. The quantitative estimate of drug-likeness (QED) is 0.750. The van der Waals surface area contributed by atoms with Crippen molar-refractivity contribution in [3.63, 3.8) is 0 Å². The lowest BCUT2D eigenvalue weighted by atomic mass is 10.1. The fourth-order valence-electron chi connectivity index (χ4n) is 2.03. The molecular formula is C16H26O3. The highest BCUT2D eigenvalue weighted by molar-refractivity contribution is 5.43. The highest BCUT2D eigenvalue weighted by atomic mass is 16.5. The standard InChI is InChI=1S/C16H26O3/c1-11(2)18-13(5)9-14-7-8-15(19-12(3)4)16(10-14)17-6/h7-8,10-13H,9H2,1-6H3. The second-order valence-corrected chi connectivity index (χ2v) is 5.35. The summed E-state index contributed by atoms with van der Waals surface area (Å²) in [7, 11) is 1.67. The van der Waals surface area contributed by atoms with Crippen LogP contribution < -0.4 is 9.47 Å². The molecule has 1 aromatic carbocycles. The first-order valence-corrected chi connectivity index (χ1v) is 6.91. The zero-order valence-corrected chi connectivity index (χ0v) is 12.9. The maximum absolute atomic E-state index is 5.75. The molecule has 0 bridgehead atoms. The number of rotatable bonds is 7. The topological polar surface area (TPSA) is 27.7 Å². The van der Waals surface area contributed by atoms with Crippen LogP contribution in [0.2, 0.25) is 0 Å². The van der Waals surface area contributed by atoms with Gasteiger partial charge in [-0.2, -0.15) is 0 Å². The third kappa shape index (κ3) is 5.52. The van der Waals surface area contributed by atoms with Gasteiger partial charge in [-0.05, 0) is 58.7 Å². The molecule has 19 heavy (non-hydrogen) atoms. The van der Waals surface area contributed by atoms with E-state index in [1.807, 2.05) is 26.0 Å². The molecule has 3 nitrogen and oxygen atoms in total. The van der Waals surface area contributed by atoms with Gasteiger partial charge in [0.15, 0.2) is 11.5 Å². The molecule has 1 unspecified atom stereocenters. The van der Waals surface area contributed by atoms with Crippen LogP contribution in [0.4, 0.5) is 0 Å². The smallest absolute Gasteiger partial charge is 0.161 e. The predicted octanol–water partition coefficient (Wildman–Crippen LogP) is 3.84. The Morgan fingerprint density at radius 1 is 0.947 bits per heavy atom. The summed E-state index contributed by atoms with van der Waals surface area (Å²) >= 11 is 0. The summed E-state index contributed by atoms with van der Waals surface area (Å²) in [6, 6.07) is 6.06. The van der Waals surface area contributed by atoms with Crippen LogP contribution in [0.1, 0.15) is 40.2 Å². The van der Waals surface area contributed by atoms with Gasteiger partial charge in [-0.1, -0.05) is 6.07 Å². The lowest BCUT2D eigenvalue weighted by molar-refractivity contribution is 0.0194. The Hall–Kier alpha value is -1.22. The van der Waals surface area contributed by atoms with Gasteiger partial charge in [-0.15, -0.1) is 0 Å². The van der Waals surface area contributed by atoms with Gasteiger partial charge in [0.1, 0.15) is 0 Å². The monoisotopic (exact) mass is 266 g/mol. The molecule has 0 aliphatic rings. The summed E-state index contributed by atoms with van der Waals surface area (Å²) in [6.45, 7) is 10.2. The normalized spacial score (nSPS) is 12.8. The van der Waals surface area contributed by atoms with E-state index >= 15 is 0 Å².